The number of amides is 2. The van der Waals surface area contributed by atoms with Gasteiger partial charge in [-0.05, 0) is 30.7 Å². The van der Waals surface area contributed by atoms with E-state index in [-0.39, 0.29) is 12.6 Å². The van der Waals surface area contributed by atoms with E-state index in [1.165, 1.54) is 0 Å². The second kappa shape index (κ2) is 7.49. The highest BCUT2D eigenvalue weighted by Gasteiger charge is 2.15. The smallest absolute Gasteiger partial charge is 0.341 e. The van der Waals surface area contributed by atoms with Crippen molar-refractivity contribution in [3.8, 4) is 5.75 Å². The van der Waals surface area contributed by atoms with Gasteiger partial charge in [0.2, 0.25) is 0 Å². The number of nitrogens with one attached hydrogen (secondary N) is 1. The molecule has 1 aliphatic heterocycles. The van der Waals surface area contributed by atoms with E-state index < -0.39 is 5.97 Å². The lowest BCUT2D eigenvalue weighted by Crippen LogP contribution is -2.36. The van der Waals surface area contributed by atoms with E-state index in [1.54, 1.807) is 29.2 Å². The number of nitrogens with zero attached hydrogens (tertiary/aromatic N) is 1. The first-order chi connectivity index (χ1) is 10.1. The first-order valence-electron chi connectivity index (χ1n) is 6.73. The molecule has 0 spiro atoms. The lowest BCUT2D eigenvalue weighted by molar-refractivity contribution is -0.139. The van der Waals surface area contributed by atoms with Crippen molar-refractivity contribution < 1.29 is 24.2 Å². The van der Waals surface area contributed by atoms with E-state index in [1.807, 2.05) is 0 Å². The van der Waals surface area contributed by atoms with E-state index in [9.17, 15) is 9.59 Å². The summed E-state index contributed by atoms with van der Waals surface area (Å²) < 4.78 is 10.3. The Balaban J connectivity index is 1.87. The van der Waals surface area contributed by atoms with E-state index in [4.69, 9.17) is 14.6 Å². The molecule has 1 aromatic carbocycles. The number of carboxylic acids is 1. The van der Waals surface area contributed by atoms with Crippen LogP contribution in [-0.4, -0.2) is 54.9 Å². The second-order valence-electron chi connectivity index (χ2n) is 4.59. The number of carboxylic acid groups (broad SMARTS) is 1. The van der Waals surface area contributed by atoms with E-state index >= 15 is 0 Å². The number of aliphatic carboxylic acids is 1. The number of carbonyl (C=O) groups excluding carboxylic acids is 1. The number of carbonyl (C=O) groups is 2. The summed E-state index contributed by atoms with van der Waals surface area (Å²) in [4.78, 5) is 24.2. The molecule has 2 amide bonds. The molecule has 0 unspecified atom stereocenters. The fourth-order valence-electron chi connectivity index (χ4n) is 1.93. The normalized spacial score (nSPS) is 15.1. The predicted octanol–water partition coefficient (Wildman–Crippen LogP) is 1.40. The van der Waals surface area contributed by atoms with Crippen molar-refractivity contribution in [2.45, 2.75) is 6.42 Å². The number of rotatable bonds is 4. The van der Waals surface area contributed by atoms with Crippen molar-refractivity contribution in [2.75, 3.05) is 38.2 Å². The van der Waals surface area contributed by atoms with Crippen LogP contribution in [-0.2, 0) is 9.53 Å². The molecular formula is C14H18N2O5. The number of urea groups is 1. The Morgan fingerprint density at radius 1 is 1.24 bits per heavy atom. The molecule has 1 saturated heterocycles. The number of hydrogen-bond acceptors (Lipinski definition) is 4. The van der Waals surface area contributed by atoms with Gasteiger partial charge in [-0.1, -0.05) is 0 Å². The van der Waals surface area contributed by atoms with Gasteiger partial charge in [-0.3, -0.25) is 0 Å². The number of ether oxygens (including phenoxy) is 2. The quantitative estimate of drug-likeness (QED) is 0.876. The molecule has 1 aliphatic rings. The minimum Gasteiger partial charge on any atom is -0.482 e. The summed E-state index contributed by atoms with van der Waals surface area (Å²) in [5.41, 5.74) is 0.632. The Morgan fingerprint density at radius 3 is 2.71 bits per heavy atom. The van der Waals surface area contributed by atoms with Gasteiger partial charge < -0.3 is 24.8 Å². The number of hydrogen-bond donors (Lipinski definition) is 2. The summed E-state index contributed by atoms with van der Waals surface area (Å²) in [7, 11) is 0. The standard InChI is InChI=1S/C14H18N2O5/c17-13(18)10-21-12-4-2-11(3-5-12)15-14(19)16-6-1-8-20-9-7-16/h2-5H,1,6-10H2,(H,15,19)(H,17,18). The van der Waals surface area contributed by atoms with E-state index in [2.05, 4.69) is 5.32 Å². The zero-order valence-electron chi connectivity index (χ0n) is 11.6. The van der Waals surface area contributed by atoms with Gasteiger partial charge in [0.1, 0.15) is 5.75 Å². The maximum Gasteiger partial charge on any atom is 0.341 e. The molecule has 1 aromatic rings. The summed E-state index contributed by atoms with van der Waals surface area (Å²) in [5, 5.41) is 11.3. The zero-order chi connectivity index (χ0) is 15.1. The van der Waals surface area contributed by atoms with Crippen molar-refractivity contribution in [1.29, 1.82) is 0 Å². The van der Waals surface area contributed by atoms with Crippen molar-refractivity contribution >= 4 is 17.7 Å². The zero-order valence-corrected chi connectivity index (χ0v) is 11.6. The average molecular weight is 294 g/mol. The van der Waals surface area contributed by atoms with Crippen molar-refractivity contribution in [2.24, 2.45) is 0 Å². The molecule has 114 valence electrons. The van der Waals surface area contributed by atoms with Gasteiger partial charge in [-0.25, -0.2) is 9.59 Å². The van der Waals surface area contributed by atoms with Crippen LogP contribution in [0.1, 0.15) is 6.42 Å². The Hall–Kier alpha value is -2.28. The van der Waals surface area contributed by atoms with Crippen LogP contribution in [0, 0.1) is 0 Å². The monoisotopic (exact) mass is 294 g/mol. The Kier molecular flexibility index (Phi) is 5.39. The highest BCUT2D eigenvalue weighted by Crippen LogP contribution is 2.16. The molecule has 2 N–H and O–H groups in total. The maximum atomic E-state index is 12.1. The first kappa shape index (κ1) is 15.1. The lowest BCUT2D eigenvalue weighted by atomic mass is 10.3. The fourth-order valence-corrected chi connectivity index (χ4v) is 1.93. The van der Waals surface area contributed by atoms with Crippen molar-refractivity contribution in [1.82, 2.24) is 4.90 Å². The molecule has 1 fully saturated rings. The third-order valence-corrected chi connectivity index (χ3v) is 2.98. The number of anilines is 1. The molecule has 0 aromatic heterocycles. The predicted molar refractivity (Wildman–Crippen MR) is 75.6 cm³/mol. The van der Waals surface area contributed by atoms with E-state index in [0.29, 0.717) is 37.7 Å². The maximum absolute atomic E-state index is 12.1. The second-order valence-corrected chi connectivity index (χ2v) is 4.59. The van der Waals surface area contributed by atoms with Crippen LogP contribution >= 0.6 is 0 Å². The van der Waals surface area contributed by atoms with Crippen LogP contribution in [0.3, 0.4) is 0 Å². The molecule has 7 nitrogen and oxygen atoms in total. The van der Waals surface area contributed by atoms with Crippen molar-refractivity contribution in [3.63, 3.8) is 0 Å². The van der Waals surface area contributed by atoms with Gasteiger partial charge in [-0.2, -0.15) is 0 Å². The summed E-state index contributed by atoms with van der Waals surface area (Å²) >= 11 is 0. The van der Waals surface area contributed by atoms with Crippen LogP contribution in [0.2, 0.25) is 0 Å². The van der Waals surface area contributed by atoms with Gasteiger partial charge in [-0.15, -0.1) is 0 Å². The van der Waals surface area contributed by atoms with Crippen LogP contribution in [0.15, 0.2) is 24.3 Å². The molecular weight excluding hydrogens is 276 g/mol. The average Bonchev–Trinajstić information content (AvgIpc) is 2.75. The molecule has 7 heteroatoms. The molecule has 0 saturated carbocycles. The third-order valence-electron chi connectivity index (χ3n) is 2.98. The van der Waals surface area contributed by atoms with Crippen molar-refractivity contribution in [3.05, 3.63) is 24.3 Å². The van der Waals surface area contributed by atoms with Gasteiger partial charge in [0.15, 0.2) is 6.61 Å². The third kappa shape index (κ3) is 4.96. The Morgan fingerprint density at radius 2 is 2.00 bits per heavy atom. The fraction of sp³-hybridized carbons (Fsp3) is 0.429. The van der Waals surface area contributed by atoms with Crippen LogP contribution in [0.4, 0.5) is 10.5 Å². The van der Waals surface area contributed by atoms with Gasteiger partial charge in [0.25, 0.3) is 0 Å². The minimum absolute atomic E-state index is 0.167. The van der Waals surface area contributed by atoms with Crippen LogP contribution < -0.4 is 10.1 Å². The molecule has 0 aliphatic carbocycles. The summed E-state index contributed by atoms with van der Waals surface area (Å²) in [6, 6.07) is 6.40. The number of benzene rings is 1. The minimum atomic E-state index is -1.03. The Bertz CT molecular complexity index is 481. The van der Waals surface area contributed by atoms with Gasteiger partial charge >= 0.3 is 12.0 Å². The molecule has 0 atom stereocenters. The van der Waals surface area contributed by atoms with Gasteiger partial charge in [0.05, 0.1) is 6.61 Å². The first-order valence-corrected chi connectivity index (χ1v) is 6.73. The van der Waals surface area contributed by atoms with Crippen LogP contribution in [0.25, 0.3) is 0 Å². The Labute approximate surface area is 122 Å². The van der Waals surface area contributed by atoms with Crippen LogP contribution in [0.5, 0.6) is 5.75 Å². The molecule has 2 rings (SSSR count). The highest BCUT2D eigenvalue weighted by atomic mass is 16.5. The lowest BCUT2D eigenvalue weighted by Gasteiger charge is -2.20. The summed E-state index contributed by atoms with van der Waals surface area (Å²) in [6.45, 7) is 2.09. The molecule has 21 heavy (non-hydrogen) atoms. The molecule has 1 heterocycles. The SMILES string of the molecule is O=C(O)COc1ccc(NC(=O)N2CCCOCC2)cc1. The largest absolute Gasteiger partial charge is 0.482 e. The van der Waals surface area contributed by atoms with E-state index in [0.717, 1.165) is 6.42 Å². The summed E-state index contributed by atoms with van der Waals surface area (Å²) in [6.07, 6.45) is 0.829. The molecule has 0 radical (unpaired) electrons. The van der Waals surface area contributed by atoms with Gasteiger partial charge in [0, 0.05) is 25.4 Å². The molecule has 0 bridgehead atoms. The highest BCUT2D eigenvalue weighted by molar-refractivity contribution is 5.89. The topological polar surface area (TPSA) is 88.1 Å². The summed E-state index contributed by atoms with van der Waals surface area (Å²) in [5.74, 6) is -0.589.